The van der Waals surface area contributed by atoms with Crippen molar-refractivity contribution in [3.8, 4) is 0 Å². The molecule has 0 aliphatic carbocycles. The van der Waals surface area contributed by atoms with E-state index in [9.17, 15) is 14.0 Å². The van der Waals surface area contributed by atoms with Gasteiger partial charge in [-0.1, -0.05) is 32.0 Å². The van der Waals surface area contributed by atoms with Crippen molar-refractivity contribution in [2.75, 3.05) is 0 Å². The van der Waals surface area contributed by atoms with Crippen LogP contribution in [0.5, 0.6) is 0 Å². The SMILES string of the molecule is CC.CC(C)(C)OC(=O)NC(Cc1ccccc1F)C(=O)O. The lowest BCUT2D eigenvalue weighted by molar-refractivity contribution is -0.139. The molecule has 0 heterocycles. The number of carboxylic acids is 1. The summed E-state index contributed by atoms with van der Waals surface area (Å²) < 4.78 is 18.5. The summed E-state index contributed by atoms with van der Waals surface area (Å²) in [6.07, 6.45) is -0.998. The molecule has 22 heavy (non-hydrogen) atoms. The Hall–Kier alpha value is -2.11. The molecule has 0 aliphatic heterocycles. The normalized spacial score (nSPS) is 11.7. The van der Waals surface area contributed by atoms with Gasteiger partial charge in [0.1, 0.15) is 17.5 Å². The Morgan fingerprint density at radius 2 is 1.82 bits per heavy atom. The van der Waals surface area contributed by atoms with E-state index in [4.69, 9.17) is 9.84 Å². The van der Waals surface area contributed by atoms with Crippen molar-refractivity contribution < 1.29 is 23.8 Å². The number of alkyl carbamates (subject to hydrolysis) is 1. The average Bonchev–Trinajstić information content (AvgIpc) is 2.40. The Labute approximate surface area is 130 Å². The first kappa shape index (κ1) is 19.9. The lowest BCUT2D eigenvalue weighted by Gasteiger charge is -2.22. The van der Waals surface area contributed by atoms with Gasteiger partial charge in [0, 0.05) is 6.42 Å². The first-order valence-electron chi connectivity index (χ1n) is 7.15. The maximum absolute atomic E-state index is 13.5. The zero-order valence-electron chi connectivity index (χ0n) is 13.6. The molecule has 0 spiro atoms. The first-order chi connectivity index (χ1) is 10.2. The van der Waals surface area contributed by atoms with Crippen LogP contribution < -0.4 is 5.32 Å². The van der Waals surface area contributed by atoms with Gasteiger partial charge in [-0.2, -0.15) is 0 Å². The van der Waals surface area contributed by atoms with Gasteiger partial charge in [-0.3, -0.25) is 0 Å². The van der Waals surface area contributed by atoms with Gasteiger partial charge in [-0.15, -0.1) is 0 Å². The summed E-state index contributed by atoms with van der Waals surface area (Å²) in [7, 11) is 0. The van der Waals surface area contributed by atoms with Crippen LogP contribution in [-0.4, -0.2) is 28.8 Å². The third kappa shape index (κ3) is 7.61. The molecule has 124 valence electrons. The van der Waals surface area contributed by atoms with Crippen molar-refractivity contribution in [3.63, 3.8) is 0 Å². The number of halogens is 1. The molecule has 1 atom stereocenters. The summed E-state index contributed by atoms with van der Waals surface area (Å²) >= 11 is 0. The average molecular weight is 313 g/mol. The van der Waals surface area contributed by atoms with Crippen LogP contribution in [0.25, 0.3) is 0 Å². The summed E-state index contributed by atoms with van der Waals surface area (Å²) in [6, 6.07) is 4.58. The molecule has 0 fully saturated rings. The van der Waals surface area contributed by atoms with Crippen LogP contribution in [0.4, 0.5) is 9.18 Å². The second kappa shape index (κ2) is 9.02. The summed E-state index contributed by atoms with van der Waals surface area (Å²) in [5, 5.41) is 11.3. The van der Waals surface area contributed by atoms with E-state index in [2.05, 4.69) is 5.32 Å². The number of carbonyl (C=O) groups is 2. The van der Waals surface area contributed by atoms with Gasteiger partial charge in [0.15, 0.2) is 0 Å². The van der Waals surface area contributed by atoms with E-state index >= 15 is 0 Å². The van der Waals surface area contributed by atoms with Crippen molar-refractivity contribution in [1.29, 1.82) is 0 Å². The standard InChI is InChI=1S/C14H18FNO4.C2H6/c1-14(2,3)20-13(19)16-11(12(17)18)8-9-6-4-5-7-10(9)15;1-2/h4-7,11H,8H2,1-3H3,(H,16,19)(H,17,18);1-2H3. The Morgan fingerprint density at radius 3 is 2.27 bits per heavy atom. The Morgan fingerprint density at radius 1 is 1.27 bits per heavy atom. The van der Waals surface area contributed by atoms with Gasteiger partial charge in [-0.05, 0) is 32.4 Å². The Bertz CT molecular complexity index is 497. The largest absolute Gasteiger partial charge is 0.480 e. The van der Waals surface area contributed by atoms with E-state index in [1.165, 1.54) is 18.2 Å². The summed E-state index contributed by atoms with van der Waals surface area (Å²) in [5.41, 5.74) is -0.513. The van der Waals surface area contributed by atoms with Crippen molar-refractivity contribution in [3.05, 3.63) is 35.6 Å². The molecule has 0 bridgehead atoms. The molecule has 1 rings (SSSR count). The highest BCUT2D eigenvalue weighted by atomic mass is 19.1. The van der Waals surface area contributed by atoms with Crippen molar-refractivity contribution >= 4 is 12.1 Å². The number of carbonyl (C=O) groups excluding carboxylic acids is 1. The van der Waals surface area contributed by atoms with Crippen LogP contribution >= 0.6 is 0 Å². The summed E-state index contributed by atoms with van der Waals surface area (Å²) in [5.74, 6) is -1.76. The minimum absolute atomic E-state index is 0.152. The molecule has 5 nitrogen and oxygen atoms in total. The van der Waals surface area contributed by atoms with E-state index in [1.807, 2.05) is 13.8 Å². The van der Waals surface area contributed by atoms with Gasteiger partial charge in [-0.25, -0.2) is 14.0 Å². The number of rotatable bonds is 4. The molecule has 1 aromatic carbocycles. The highest BCUT2D eigenvalue weighted by molar-refractivity contribution is 5.80. The van der Waals surface area contributed by atoms with Crippen molar-refractivity contribution in [1.82, 2.24) is 5.32 Å². The fourth-order valence-electron chi connectivity index (χ4n) is 1.53. The maximum atomic E-state index is 13.5. The van der Waals surface area contributed by atoms with E-state index in [-0.39, 0.29) is 12.0 Å². The molecule has 1 unspecified atom stereocenters. The third-order valence-corrected chi connectivity index (χ3v) is 2.37. The van der Waals surface area contributed by atoms with Crippen LogP contribution in [0.3, 0.4) is 0 Å². The molecule has 0 saturated heterocycles. The molecular weight excluding hydrogens is 289 g/mol. The van der Waals surface area contributed by atoms with Crippen molar-refractivity contribution in [2.45, 2.75) is 52.7 Å². The number of aliphatic carboxylic acids is 1. The summed E-state index contributed by atoms with van der Waals surface area (Å²) in [6.45, 7) is 9.00. The number of benzene rings is 1. The molecule has 2 N–H and O–H groups in total. The lowest BCUT2D eigenvalue weighted by atomic mass is 10.1. The third-order valence-electron chi connectivity index (χ3n) is 2.37. The van der Waals surface area contributed by atoms with Gasteiger partial charge >= 0.3 is 12.1 Å². The van der Waals surface area contributed by atoms with Crippen molar-refractivity contribution in [2.24, 2.45) is 0 Å². The van der Waals surface area contributed by atoms with E-state index < -0.39 is 29.5 Å². The number of amides is 1. The zero-order chi connectivity index (χ0) is 17.3. The fourth-order valence-corrected chi connectivity index (χ4v) is 1.53. The zero-order valence-corrected chi connectivity index (χ0v) is 13.6. The molecule has 6 heteroatoms. The first-order valence-corrected chi connectivity index (χ1v) is 7.15. The van der Waals surface area contributed by atoms with Crippen LogP contribution in [0.1, 0.15) is 40.2 Å². The monoisotopic (exact) mass is 313 g/mol. The molecule has 0 radical (unpaired) electrons. The minimum Gasteiger partial charge on any atom is -0.480 e. The quantitative estimate of drug-likeness (QED) is 0.893. The second-order valence-corrected chi connectivity index (χ2v) is 5.33. The van der Waals surface area contributed by atoms with E-state index in [0.717, 1.165) is 0 Å². The molecular formula is C16H24FNO4. The number of hydrogen-bond donors (Lipinski definition) is 2. The summed E-state index contributed by atoms with van der Waals surface area (Å²) in [4.78, 5) is 22.7. The van der Waals surface area contributed by atoms with Crippen LogP contribution in [0.15, 0.2) is 24.3 Å². The minimum atomic E-state index is -1.25. The van der Waals surface area contributed by atoms with Crippen LogP contribution in [0.2, 0.25) is 0 Å². The molecule has 1 amide bonds. The predicted molar refractivity (Wildman–Crippen MR) is 82.2 cm³/mol. The topological polar surface area (TPSA) is 75.6 Å². The number of nitrogens with one attached hydrogen (secondary N) is 1. The highest BCUT2D eigenvalue weighted by Gasteiger charge is 2.24. The predicted octanol–water partition coefficient (Wildman–Crippen LogP) is 3.37. The van der Waals surface area contributed by atoms with Crippen LogP contribution in [-0.2, 0) is 16.0 Å². The van der Waals surface area contributed by atoms with Gasteiger partial charge in [0.05, 0.1) is 0 Å². The van der Waals surface area contributed by atoms with Gasteiger partial charge in [0.25, 0.3) is 0 Å². The number of ether oxygens (including phenoxy) is 1. The maximum Gasteiger partial charge on any atom is 0.408 e. The van der Waals surface area contributed by atoms with Gasteiger partial charge < -0.3 is 15.2 Å². The molecule has 0 saturated carbocycles. The molecule has 0 aromatic heterocycles. The molecule has 0 aliphatic rings. The number of hydrogen-bond acceptors (Lipinski definition) is 3. The highest BCUT2D eigenvalue weighted by Crippen LogP contribution is 2.11. The van der Waals surface area contributed by atoms with E-state index in [0.29, 0.717) is 0 Å². The molecule has 1 aromatic rings. The smallest absolute Gasteiger partial charge is 0.408 e. The Kier molecular flexibility index (Phi) is 8.15. The lowest BCUT2D eigenvalue weighted by Crippen LogP contribution is -2.44. The number of carboxylic acid groups (broad SMARTS) is 1. The van der Waals surface area contributed by atoms with E-state index in [1.54, 1.807) is 26.8 Å². The van der Waals surface area contributed by atoms with Gasteiger partial charge in [0.2, 0.25) is 0 Å². The fraction of sp³-hybridized carbons (Fsp3) is 0.500. The second-order valence-electron chi connectivity index (χ2n) is 5.33. The van der Waals surface area contributed by atoms with Crippen LogP contribution in [0, 0.1) is 5.82 Å². The Balaban J connectivity index is 0.00000211.